The Labute approximate surface area is 285 Å². The number of anilines is 1. The number of fused-ring (bicyclic) bond motifs is 1. The maximum Gasteiger partial charge on any atom is 0.418 e. The Balaban J connectivity index is 1.32. The van der Waals surface area contributed by atoms with Gasteiger partial charge in [-0.05, 0) is 50.8 Å². The molecule has 1 fully saturated rings. The van der Waals surface area contributed by atoms with Gasteiger partial charge in [0, 0.05) is 30.9 Å². The highest BCUT2D eigenvalue weighted by Gasteiger charge is 2.58. The number of aryl methyl sites for hydroxylation is 1. The summed E-state index contributed by atoms with van der Waals surface area (Å²) >= 11 is 0.971. The van der Waals surface area contributed by atoms with Crippen LogP contribution in [0, 0.1) is 0 Å². The summed E-state index contributed by atoms with van der Waals surface area (Å²) in [5.74, 6) is -2.11. The van der Waals surface area contributed by atoms with Crippen molar-refractivity contribution >= 4 is 56.3 Å². The van der Waals surface area contributed by atoms with Crippen molar-refractivity contribution in [3.05, 3.63) is 40.4 Å². The van der Waals surface area contributed by atoms with Crippen LogP contribution < -0.4 is 32.2 Å². The molecule has 21 heteroatoms. The molecule has 1 aromatic carbocycles. The van der Waals surface area contributed by atoms with E-state index in [1.807, 2.05) is 12.1 Å². The van der Waals surface area contributed by atoms with Crippen LogP contribution in [0.4, 0.5) is 5.13 Å². The number of carboxylic acids is 1. The van der Waals surface area contributed by atoms with Gasteiger partial charge in [0.25, 0.3) is 17.4 Å². The number of hydrogen-bond acceptors (Lipinski definition) is 16. The van der Waals surface area contributed by atoms with Crippen molar-refractivity contribution in [3.63, 3.8) is 0 Å². The van der Waals surface area contributed by atoms with Crippen molar-refractivity contribution in [3.8, 4) is 5.75 Å². The zero-order valence-corrected chi connectivity index (χ0v) is 28.3. The minimum atomic E-state index is -5.03. The molecule has 1 unspecified atom stereocenters. The van der Waals surface area contributed by atoms with Crippen LogP contribution in [0.1, 0.15) is 49.9 Å². The van der Waals surface area contributed by atoms with Gasteiger partial charge in [0.1, 0.15) is 17.5 Å². The predicted molar refractivity (Wildman–Crippen MR) is 175 cm³/mol. The number of ether oxygens (including phenoxy) is 1. The standard InChI is InChI=1S/C28H37N9O10S2/c1-27(2)21(23(39)37(27)47-49(42,43)44)35-22(38)20(17-13-48-25(30)34-17)36-46-28(3,24(40)41)19-7-5-15-10-14(4-6-18(15)45-19)16-11-32-26(33-12-16)31-9-8-29/h4,6,10,13,16,19,21H,5,7-9,11-12,29H2,1-3H3,(H2,30,34)(H,35,38)(H,40,41)(H2,31,32,33)(H,42,43,44)/b36-20-/t19-,21-,28+/m1/s1. The molecule has 3 aliphatic rings. The molecule has 0 bridgehead atoms. The van der Waals surface area contributed by atoms with E-state index in [2.05, 4.69) is 35.4 Å². The molecule has 4 heterocycles. The van der Waals surface area contributed by atoms with E-state index in [1.54, 1.807) is 6.07 Å². The number of guanidine groups is 1. The second kappa shape index (κ2) is 13.7. The Bertz CT molecular complexity index is 1800. The van der Waals surface area contributed by atoms with Crippen LogP contribution in [-0.4, -0.2) is 107 Å². The number of nitrogen functional groups attached to an aromatic ring is 1. The van der Waals surface area contributed by atoms with E-state index in [0.717, 1.165) is 22.5 Å². The highest BCUT2D eigenvalue weighted by Crippen LogP contribution is 2.36. The summed E-state index contributed by atoms with van der Waals surface area (Å²) in [4.78, 5) is 52.9. The van der Waals surface area contributed by atoms with Crippen LogP contribution in [0.25, 0.3) is 0 Å². The number of hydrogen-bond donors (Lipinski definition) is 7. The number of hydroxylamine groups is 2. The number of nitrogens with two attached hydrogens (primary N) is 2. The van der Waals surface area contributed by atoms with E-state index in [9.17, 15) is 27.9 Å². The maximum atomic E-state index is 13.5. The van der Waals surface area contributed by atoms with E-state index >= 15 is 0 Å². The molecule has 3 aliphatic heterocycles. The Hall–Kier alpha value is -4.57. The fourth-order valence-electron chi connectivity index (χ4n) is 5.52. The van der Waals surface area contributed by atoms with Gasteiger partial charge in [0.05, 0.1) is 12.1 Å². The number of amides is 2. The normalized spacial score (nSPS) is 23.1. The molecule has 2 aromatic rings. The van der Waals surface area contributed by atoms with Crippen molar-refractivity contribution in [1.29, 1.82) is 0 Å². The fourth-order valence-corrected chi connectivity index (χ4v) is 6.52. The second-order valence-corrected chi connectivity index (χ2v) is 14.1. The molecule has 4 atom stereocenters. The Morgan fingerprint density at radius 2 is 2.10 bits per heavy atom. The van der Waals surface area contributed by atoms with Crippen molar-refractivity contribution in [2.45, 2.75) is 62.8 Å². The van der Waals surface area contributed by atoms with Crippen LogP contribution in [-0.2, 0) is 40.3 Å². The zero-order valence-electron chi connectivity index (χ0n) is 26.7. The third-order valence-corrected chi connectivity index (χ3v) is 9.40. The van der Waals surface area contributed by atoms with Crippen LogP contribution >= 0.6 is 11.3 Å². The molecule has 5 rings (SSSR count). The highest BCUT2D eigenvalue weighted by atomic mass is 32.3. The van der Waals surface area contributed by atoms with Crippen molar-refractivity contribution < 1.29 is 46.3 Å². The summed E-state index contributed by atoms with van der Waals surface area (Å²) in [6.07, 6.45) is -0.331. The lowest BCUT2D eigenvalue weighted by molar-refractivity contribution is -0.218. The van der Waals surface area contributed by atoms with Gasteiger partial charge in [-0.1, -0.05) is 17.3 Å². The lowest BCUT2D eigenvalue weighted by atomic mass is 9.84. The van der Waals surface area contributed by atoms with Gasteiger partial charge in [0.2, 0.25) is 0 Å². The third kappa shape index (κ3) is 7.54. The van der Waals surface area contributed by atoms with Crippen LogP contribution in [0.3, 0.4) is 0 Å². The molecule has 19 nitrogen and oxygen atoms in total. The number of oxime groups is 1. The maximum absolute atomic E-state index is 13.5. The summed E-state index contributed by atoms with van der Waals surface area (Å²) in [5.41, 5.74) is 9.13. The average Bonchev–Trinajstić information content (AvgIpc) is 3.49. The number of carbonyl (C=O) groups is 3. The number of benzene rings is 1. The van der Waals surface area contributed by atoms with Crippen LogP contribution in [0.15, 0.2) is 33.7 Å². The molecule has 9 N–H and O–H groups in total. The number of rotatable bonds is 12. The number of aliphatic carboxylic acids is 1. The summed E-state index contributed by atoms with van der Waals surface area (Å²) < 4.78 is 41.8. The zero-order chi connectivity index (χ0) is 35.7. The van der Waals surface area contributed by atoms with Gasteiger partial charge in [-0.25, -0.2) is 9.78 Å². The topological polar surface area (TPSA) is 282 Å². The van der Waals surface area contributed by atoms with E-state index in [-0.39, 0.29) is 23.2 Å². The molecule has 0 radical (unpaired) electrons. The van der Waals surface area contributed by atoms with Crippen molar-refractivity contribution in [1.82, 2.24) is 26.0 Å². The van der Waals surface area contributed by atoms with Gasteiger partial charge in [0.15, 0.2) is 22.9 Å². The van der Waals surface area contributed by atoms with E-state index in [1.165, 1.54) is 26.2 Å². The minimum absolute atomic E-state index is 0.0652. The number of aromatic nitrogens is 1. The smallest absolute Gasteiger partial charge is 0.418 e. The Morgan fingerprint density at radius 3 is 2.69 bits per heavy atom. The van der Waals surface area contributed by atoms with Gasteiger partial charge in [-0.15, -0.1) is 15.6 Å². The fraction of sp³-hybridized carbons (Fsp3) is 0.500. The van der Waals surface area contributed by atoms with Crippen LogP contribution in [0.5, 0.6) is 5.75 Å². The first-order valence-electron chi connectivity index (χ1n) is 15.1. The molecular weight excluding hydrogens is 686 g/mol. The first kappa shape index (κ1) is 35.7. The van der Waals surface area contributed by atoms with Crippen molar-refractivity contribution in [2.24, 2.45) is 15.9 Å². The molecule has 1 aromatic heterocycles. The first-order chi connectivity index (χ1) is 23.0. The number of thiazole rings is 1. The number of carbonyl (C=O) groups excluding carboxylic acids is 2. The summed E-state index contributed by atoms with van der Waals surface area (Å²) in [6, 6.07) is 4.36. The molecule has 1 saturated heterocycles. The Kier molecular flexibility index (Phi) is 10.0. The Morgan fingerprint density at radius 1 is 1.35 bits per heavy atom. The lowest BCUT2D eigenvalue weighted by Gasteiger charge is -2.50. The molecule has 2 amide bonds. The quantitative estimate of drug-likeness (QED) is 0.0606. The summed E-state index contributed by atoms with van der Waals surface area (Å²) in [6.45, 7) is 6.37. The summed E-state index contributed by atoms with van der Waals surface area (Å²) in [5, 5.41) is 24.8. The van der Waals surface area contributed by atoms with Crippen molar-refractivity contribution in [2.75, 3.05) is 31.9 Å². The molecule has 0 saturated carbocycles. The monoisotopic (exact) mass is 723 g/mol. The number of nitrogens with one attached hydrogen (secondary N) is 3. The molecule has 0 aliphatic carbocycles. The van der Waals surface area contributed by atoms with E-state index < -0.39 is 57.2 Å². The van der Waals surface area contributed by atoms with E-state index in [4.69, 9.17) is 25.6 Å². The van der Waals surface area contributed by atoms with Gasteiger partial charge in [-0.2, -0.15) is 13.5 Å². The van der Waals surface area contributed by atoms with Gasteiger partial charge in [-0.3, -0.25) is 19.1 Å². The van der Waals surface area contributed by atoms with Crippen LogP contribution in [0.2, 0.25) is 0 Å². The third-order valence-electron chi connectivity index (χ3n) is 8.39. The minimum Gasteiger partial charge on any atom is -0.485 e. The van der Waals surface area contributed by atoms with E-state index in [0.29, 0.717) is 49.4 Å². The lowest BCUT2D eigenvalue weighted by Crippen LogP contribution is -2.76. The first-order valence-corrected chi connectivity index (χ1v) is 17.3. The predicted octanol–water partition coefficient (Wildman–Crippen LogP) is -0.886. The largest absolute Gasteiger partial charge is 0.485 e. The SMILES string of the molecule is CC1(C)[C@H](NC(=O)/C(=N\O[C@](C)(C(=O)O)[C@H]2CCc3cc(C4CN=C(NCCN)NC4)ccc3O2)c2csc(N)n2)C(=O)N1OS(=O)(=O)O. The molecule has 49 heavy (non-hydrogen) atoms. The van der Waals surface area contributed by atoms with Gasteiger partial charge >= 0.3 is 16.4 Å². The average molecular weight is 724 g/mol. The highest BCUT2D eigenvalue weighted by molar-refractivity contribution is 7.80. The van der Waals surface area contributed by atoms with Gasteiger partial charge < -0.3 is 42.1 Å². The molecule has 266 valence electrons. The molecule has 0 spiro atoms. The number of carboxylic acid groups (broad SMARTS) is 1. The number of aliphatic imine (C=N–C) groups is 1. The molecular formula is C28H37N9O10S2. The number of nitrogens with zero attached hydrogens (tertiary/aromatic N) is 4. The summed E-state index contributed by atoms with van der Waals surface area (Å²) in [7, 11) is -5.03. The number of β-lactam (4-membered cyclic amide) rings is 1. The second-order valence-electron chi connectivity index (χ2n) is 12.2.